The molecule has 1 aliphatic carbocycles. The van der Waals surface area contributed by atoms with Crippen LogP contribution in [0, 0.1) is 0 Å². The second-order valence-electron chi connectivity index (χ2n) is 3.34. The van der Waals surface area contributed by atoms with Crippen LogP contribution >= 0.6 is 0 Å². The van der Waals surface area contributed by atoms with E-state index in [4.69, 9.17) is 4.74 Å². The highest BCUT2D eigenvalue weighted by Crippen LogP contribution is 2.39. The summed E-state index contributed by atoms with van der Waals surface area (Å²) in [6.45, 7) is 0. The molecule has 0 spiro atoms. The van der Waals surface area contributed by atoms with Gasteiger partial charge in [-0.2, -0.15) is 0 Å². The van der Waals surface area contributed by atoms with Crippen molar-refractivity contribution in [1.29, 1.82) is 0 Å². The first-order chi connectivity index (χ1) is 6.33. The molecule has 0 amide bonds. The van der Waals surface area contributed by atoms with Gasteiger partial charge in [0.1, 0.15) is 5.75 Å². The number of hydrogen-bond acceptors (Lipinski definition) is 3. The quantitative estimate of drug-likeness (QED) is 0.744. The van der Waals surface area contributed by atoms with Gasteiger partial charge >= 0.3 is 0 Å². The van der Waals surface area contributed by atoms with Crippen LogP contribution in [0.4, 0.5) is 0 Å². The normalized spacial score (nSPS) is 26.6. The number of hydrogen-bond donors (Lipinski definition) is 1. The summed E-state index contributed by atoms with van der Waals surface area (Å²) in [6.07, 6.45) is 3.39. The fourth-order valence-corrected chi connectivity index (χ4v) is 1.66. The van der Waals surface area contributed by atoms with Gasteiger partial charge in [-0.15, -0.1) is 0 Å². The lowest BCUT2D eigenvalue weighted by Gasteiger charge is -2.32. The molecule has 1 aromatic rings. The van der Waals surface area contributed by atoms with Gasteiger partial charge in [-0.3, -0.25) is 4.98 Å². The molecular formula is C10H13NO2. The Kier molecular flexibility index (Phi) is 2.19. The Bertz CT molecular complexity index is 301. The molecule has 13 heavy (non-hydrogen) atoms. The average Bonchev–Trinajstić information content (AvgIpc) is 2.16. The lowest BCUT2D eigenvalue weighted by atomic mass is 9.79. The summed E-state index contributed by atoms with van der Waals surface area (Å²) in [5.41, 5.74) is 0.892. The van der Waals surface area contributed by atoms with Crippen molar-refractivity contribution < 1.29 is 9.84 Å². The predicted molar refractivity (Wildman–Crippen MR) is 48.8 cm³/mol. The fourth-order valence-electron chi connectivity index (χ4n) is 1.66. The first kappa shape index (κ1) is 8.51. The molecule has 1 aromatic heterocycles. The van der Waals surface area contributed by atoms with Crippen molar-refractivity contribution in [3.63, 3.8) is 0 Å². The van der Waals surface area contributed by atoms with Gasteiger partial charge in [0, 0.05) is 12.1 Å². The van der Waals surface area contributed by atoms with Crippen LogP contribution in [0.2, 0.25) is 0 Å². The van der Waals surface area contributed by atoms with E-state index in [9.17, 15) is 5.11 Å². The third-order valence-electron chi connectivity index (χ3n) is 2.61. The Balaban J connectivity index is 2.28. The fraction of sp³-hybridized carbons (Fsp3) is 0.500. The Hall–Kier alpha value is -1.09. The monoisotopic (exact) mass is 179 g/mol. The van der Waals surface area contributed by atoms with Gasteiger partial charge in [-0.25, -0.2) is 0 Å². The number of pyridine rings is 1. The van der Waals surface area contributed by atoms with E-state index in [0.29, 0.717) is 0 Å². The smallest absolute Gasteiger partial charge is 0.140 e. The number of aromatic nitrogens is 1. The summed E-state index contributed by atoms with van der Waals surface area (Å²) < 4.78 is 5.18. The number of aliphatic hydroxyl groups is 1. The highest BCUT2D eigenvalue weighted by molar-refractivity contribution is 5.32. The van der Waals surface area contributed by atoms with E-state index in [0.717, 1.165) is 24.3 Å². The molecule has 0 radical (unpaired) electrons. The molecule has 2 unspecified atom stereocenters. The van der Waals surface area contributed by atoms with Crippen LogP contribution in [0.1, 0.15) is 24.5 Å². The zero-order valence-corrected chi connectivity index (χ0v) is 7.60. The van der Waals surface area contributed by atoms with Gasteiger partial charge in [-0.1, -0.05) is 0 Å². The van der Waals surface area contributed by atoms with Crippen LogP contribution in [-0.4, -0.2) is 23.3 Å². The van der Waals surface area contributed by atoms with Crippen molar-refractivity contribution in [3.8, 4) is 5.75 Å². The summed E-state index contributed by atoms with van der Waals surface area (Å²) in [6, 6.07) is 3.72. The van der Waals surface area contributed by atoms with Crippen LogP contribution in [0.15, 0.2) is 18.3 Å². The van der Waals surface area contributed by atoms with Crippen molar-refractivity contribution in [1.82, 2.24) is 4.98 Å². The number of ether oxygens (including phenoxy) is 1. The zero-order valence-electron chi connectivity index (χ0n) is 7.60. The van der Waals surface area contributed by atoms with Crippen molar-refractivity contribution in [2.75, 3.05) is 7.11 Å². The van der Waals surface area contributed by atoms with Crippen LogP contribution in [0.25, 0.3) is 0 Å². The van der Waals surface area contributed by atoms with E-state index in [1.54, 1.807) is 13.3 Å². The second kappa shape index (κ2) is 3.34. The topological polar surface area (TPSA) is 42.4 Å². The molecule has 0 bridgehead atoms. The van der Waals surface area contributed by atoms with E-state index in [1.165, 1.54) is 0 Å². The van der Waals surface area contributed by atoms with Gasteiger partial charge in [0.15, 0.2) is 0 Å². The zero-order chi connectivity index (χ0) is 9.26. The molecule has 0 aromatic carbocycles. The van der Waals surface area contributed by atoms with E-state index in [2.05, 4.69) is 4.98 Å². The SMILES string of the molecule is COc1cccnc1C1CCC1O. The maximum Gasteiger partial charge on any atom is 0.140 e. The number of methoxy groups -OCH3 is 1. The van der Waals surface area contributed by atoms with Crippen LogP contribution < -0.4 is 4.74 Å². The highest BCUT2D eigenvalue weighted by atomic mass is 16.5. The minimum absolute atomic E-state index is 0.177. The largest absolute Gasteiger partial charge is 0.495 e. The summed E-state index contributed by atoms with van der Waals surface area (Å²) >= 11 is 0. The van der Waals surface area contributed by atoms with E-state index in [-0.39, 0.29) is 12.0 Å². The van der Waals surface area contributed by atoms with Crippen molar-refractivity contribution in [3.05, 3.63) is 24.0 Å². The molecule has 0 aliphatic heterocycles. The first-order valence-corrected chi connectivity index (χ1v) is 4.50. The van der Waals surface area contributed by atoms with Crippen LogP contribution in [0.5, 0.6) is 5.75 Å². The second-order valence-corrected chi connectivity index (χ2v) is 3.34. The molecule has 2 atom stereocenters. The lowest BCUT2D eigenvalue weighted by molar-refractivity contribution is 0.0629. The Labute approximate surface area is 77.4 Å². The summed E-state index contributed by atoms with van der Waals surface area (Å²) in [4.78, 5) is 4.24. The van der Waals surface area contributed by atoms with Crippen molar-refractivity contribution >= 4 is 0 Å². The van der Waals surface area contributed by atoms with Crippen LogP contribution in [-0.2, 0) is 0 Å². The highest BCUT2D eigenvalue weighted by Gasteiger charge is 2.33. The van der Waals surface area contributed by atoms with Gasteiger partial charge < -0.3 is 9.84 Å². The average molecular weight is 179 g/mol. The molecule has 1 heterocycles. The maximum absolute atomic E-state index is 9.49. The van der Waals surface area contributed by atoms with Gasteiger partial charge in [-0.05, 0) is 25.0 Å². The summed E-state index contributed by atoms with van der Waals surface area (Å²) in [5, 5.41) is 9.49. The minimum Gasteiger partial charge on any atom is -0.495 e. The molecule has 1 saturated carbocycles. The first-order valence-electron chi connectivity index (χ1n) is 4.50. The molecule has 3 nitrogen and oxygen atoms in total. The third kappa shape index (κ3) is 1.40. The Morgan fingerprint density at radius 3 is 2.92 bits per heavy atom. The Morgan fingerprint density at radius 1 is 1.54 bits per heavy atom. The van der Waals surface area contributed by atoms with E-state index >= 15 is 0 Å². The third-order valence-corrected chi connectivity index (χ3v) is 2.61. The number of aliphatic hydroxyl groups excluding tert-OH is 1. The van der Waals surface area contributed by atoms with Crippen molar-refractivity contribution in [2.45, 2.75) is 24.9 Å². The van der Waals surface area contributed by atoms with Gasteiger partial charge in [0.05, 0.1) is 18.9 Å². The lowest BCUT2D eigenvalue weighted by Crippen LogP contribution is -2.29. The standard InChI is InChI=1S/C10H13NO2/c1-13-9-3-2-6-11-10(9)7-4-5-8(7)12/h2-3,6-8,12H,4-5H2,1H3. The molecule has 1 aliphatic rings. The molecule has 3 heteroatoms. The van der Waals surface area contributed by atoms with Gasteiger partial charge in [0.25, 0.3) is 0 Å². The predicted octanol–water partition coefficient (Wildman–Crippen LogP) is 1.33. The molecule has 70 valence electrons. The molecule has 1 N–H and O–H groups in total. The van der Waals surface area contributed by atoms with E-state index < -0.39 is 0 Å². The van der Waals surface area contributed by atoms with Gasteiger partial charge in [0.2, 0.25) is 0 Å². The minimum atomic E-state index is -0.233. The summed E-state index contributed by atoms with van der Waals surface area (Å²) in [7, 11) is 1.63. The van der Waals surface area contributed by atoms with E-state index in [1.807, 2.05) is 12.1 Å². The summed E-state index contributed by atoms with van der Waals surface area (Å²) in [5.74, 6) is 0.961. The van der Waals surface area contributed by atoms with Crippen LogP contribution in [0.3, 0.4) is 0 Å². The maximum atomic E-state index is 9.49. The van der Waals surface area contributed by atoms with Crippen molar-refractivity contribution in [2.24, 2.45) is 0 Å². The molecule has 0 saturated heterocycles. The molecular weight excluding hydrogens is 166 g/mol. The Morgan fingerprint density at radius 2 is 2.38 bits per heavy atom. The molecule has 1 fully saturated rings. The molecule has 2 rings (SSSR count). The number of rotatable bonds is 2. The number of nitrogens with zero attached hydrogens (tertiary/aromatic N) is 1.